The van der Waals surface area contributed by atoms with Crippen molar-refractivity contribution in [2.24, 2.45) is 5.73 Å². The Hall–Kier alpha value is -1.63. The molecule has 0 aliphatic heterocycles. The summed E-state index contributed by atoms with van der Waals surface area (Å²) in [5.41, 5.74) is 5.98. The van der Waals surface area contributed by atoms with Crippen LogP contribution in [0.25, 0.3) is 10.8 Å². The molecule has 0 aliphatic rings. The predicted molar refractivity (Wildman–Crippen MR) is 72.0 cm³/mol. The Kier molecular flexibility index (Phi) is 3.51. The van der Waals surface area contributed by atoms with Crippen molar-refractivity contribution < 1.29 is 13.0 Å². The van der Waals surface area contributed by atoms with E-state index < -0.39 is 15.5 Å². The second-order valence-corrected chi connectivity index (χ2v) is 5.51. The van der Waals surface area contributed by atoms with Gasteiger partial charge in [0.1, 0.15) is 0 Å². The molecular weight excluding hydrogens is 252 g/mol. The third-order valence-electron chi connectivity index (χ3n) is 2.68. The summed E-state index contributed by atoms with van der Waals surface area (Å²) in [7, 11) is -4.22. The van der Waals surface area contributed by atoms with Gasteiger partial charge < -0.3 is 11.1 Å². The lowest BCUT2D eigenvalue weighted by Crippen LogP contribution is -2.36. The van der Waals surface area contributed by atoms with Gasteiger partial charge in [-0.1, -0.05) is 36.4 Å². The van der Waals surface area contributed by atoms with Gasteiger partial charge in [0.15, 0.2) is 5.37 Å². The summed E-state index contributed by atoms with van der Waals surface area (Å²) in [6, 6.07) is 13.0. The minimum atomic E-state index is -4.22. The highest BCUT2D eigenvalue weighted by molar-refractivity contribution is 7.86. The fourth-order valence-electron chi connectivity index (χ4n) is 1.78. The standard InChI is InChI=1S/C12H14N2O3S/c13-8-12(18(15,16)17)14-11-7-3-5-9-4-1-2-6-10(9)11/h1-7,12,14H,8,13H2,(H,15,16,17). The third-order valence-corrected chi connectivity index (χ3v) is 3.71. The van der Waals surface area contributed by atoms with E-state index in [-0.39, 0.29) is 6.54 Å². The quantitative estimate of drug-likeness (QED) is 0.728. The SMILES string of the molecule is NCC(Nc1cccc2ccccc12)S(=O)(=O)O. The van der Waals surface area contributed by atoms with E-state index in [1.165, 1.54) is 0 Å². The number of nitrogens with one attached hydrogen (secondary N) is 1. The van der Waals surface area contributed by atoms with E-state index in [0.29, 0.717) is 5.69 Å². The zero-order valence-electron chi connectivity index (χ0n) is 9.58. The van der Waals surface area contributed by atoms with E-state index in [4.69, 9.17) is 10.3 Å². The van der Waals surface area contributed by atoms with Crippen LogP contribution in [0.1, 0.15) is 0 Å². The molecule has 0 fully saturated rings. The van der Waals surface area contributed by atoms with E-state index in [2.05, 4.69) is 5.32 Å². The maximum atomic E-state index is 11.1. The number of nitrogens with two attached hydrogens (primary N) is 1. The van der Waals surface area contributed by atoms with Gasteiger partial charge in [-0.3, -0.25) is 4.55 Å². The third kappa shape index (κ3) is 2.61. The average Bonchev–Trinajstić information content (AvgIpc) is 2.34. The highest BCUT2D eigenvalue weighted by Crippen LogP contribution is 2.23. The van der Waals surface area contributed by atoms with Crippen molar-refractivity contribution in [3.05, 3.63) is 42.5 Å². The summed E-state index contributed by atoms with van der Waals surface area (Å²) < 4.78 is 31.3. The van der Waals surface area contributed by atoms with E-state index in [1.54, 1.807) is 6.07 Å². The van der Waals surface area contributed by atoms with Crippen molar-refractivity contribution in [2.75, 3.05) is 11.9 Å². The smallest absolute Gasteiger partial charge is 0.287 e. The molecule has 2 aromatic rings. The van der Waals surface area contributed by atoms with Crippen LogP contribution in [0.2, 0.25) is 0 Å². The molecule has 18 heavy (non-hydrogen) atoms. The van der Waals surface area contributed by atoms with Crippen LogP contribution in [0.5, 0.6) is 0 Å². The largest absolute Gasteiger partial charge is 0.366 e. The van der Waals surface area contributed by atoms with Crippen LogP contribution in [0.15, 0.2) is 42.5 Å². The Labute approximate surface area is 105 Å². The second kappa shape index (κ2) is 4.93. The van der Waals surface area contributed by atoms with Crippen molar-refractivity contribution in [1.29, 1.82) is 0 Å². The average molecular weight is 266 g/mol. The highest BCUT2D eigenvalue weighted by atomic mass is 32.2. The molecule has 6 heteroatoms. The summed E-state index contributed by atoms with van der Waals surface area (Å²) in [5.74, 6) is 0. The Morgan fingerprint density at radius 2 is 1.83 bits per heavy atom. The predicted octanol–water partition coefficient (Wildman–Crippen LogP) is 1.42. The number of rotatable bonds is 4. The van der Waals surface area contributed by atoms with Crippen molar-refractivity contribution >= 4 is 26.6 Å². The van der Waals surface area contributed by atoms with Gasteiger partial charge in [-0.05, 0) is 11.5 Å². The first-order chi connectivity index (χ1) is 8.52. The van der Waals surface area contributed by atoms with Gasteiger partial charge in [-0.25, -0.2) is 0 Å². The van der Waals surface area contributed by atoms with Gasteiger partial charge in [0.2, 0.25) is 0 Å². The lowest BCUT2D eigenvalue weighted by Gasteiger charge is -2.16. The molecule has 0 saturated heterocycles. The van der Waals surface area contributed by atoms with Crippen LogP contribution >= 0.6 is 0 Å². The van der Waals surface area contributed by atoms with E-state index in [9.17, 15) is 8.42 Å². The summed E-state index contributed by atoms with van der Waals surface area (Å²) in [6.45, 7) is -0.206. The number of benzene rings is 2. The topological polar surface area (TPSA) is 92.4 Å². The molecule has 4 N–H and O–H groups in total. The van der Waals surface area contributed by atoms with Crippen LogP contribution in [0.3, 0.4) is 0 Å². The highest BCUT2D eigenvalue weighted by Gasteiger charge is 2.21. The number of hydrogen-bond donors (Lipinski definition) is 3. The van der Waals surface area contributed by atoms with Crippen molar-refractivity contribution in [1.82, 2.24) is 0 Å². The van der Waals surface area contributed by atoms with Crippen LogP contribution in [0, 0.1) is 0 Å². The molecule has 0 aliphatic carbocycles. The molecule has 0 heterocycles. The lowest BCUT2D eigenvalue weighted by atomic mass is 10.1. The van der Waals surface area contributed by atoms with E-state index in [1.807, 2.05) is 36.4 Å². The Morgan fingerprint density at radius 3 is 2.50 bits per heavy atom. The van der Waals surface area contributed by atoms with Gasteiger partial charge in [0.25, 0.3) is 10.1 Å². The zero-order valence-corrected chi connectivity index (χ0v) is 10.4. The lowest BCUT2D eigenvalue weighted by molar-refractivity contribution is 0.472. The van der Waals surface area contributed by atoms with Crippen LogP contribution < -0.4 is 11.1 Å². The van der Waals surface area contributed by atoms with Crippen molar-refractivity contribution in [3.8, 4) is 0 Å². The maximum absolute atomic E-state index is 11.1. The molecule has 0 spiro atoms. The molecule has 2 aromatic carbocycles. The molecule has 96 valence electrons. The fourth-order valence-corrected chi connectivity index (χ4v) is 2.30. The van der Waals surface area contributed by atoms with Gasteiger partial charge >= 0.3 is 0 Å². The monoisotopic (exact) mass is 266 g/mol. The number of hydrogen-bond acceptors (Lipinski definition) is 4. The van der Waals surface area contributed by atoms with Gasteiger partial charge in [0, 0.05) is 17.6 Å². The molecule has 0 bridgehead atoms. The van der Waals surface area contributed by atoms with Crippen LogP contribution in [-0.4, -0.2) is 24.9 Å². The van der Waals surface area contributed by atoms with Gasteiger partial charge in [-0.2, -0.15) is 8.42 Å². The first-order valence-corrected chi connectivity index (χ1v) is 6.93. The first kappa shape index (κ1) is 12.8. The molecule has 2 rings (SSSR count). The molecule has 0 radical (unpaired) electrons. The minimum Gasteiger partial charge on any atom is -0.366 e. The fraction of sp³-hybridized carbons (Fsp3) is 0.167. The molecule has 0 saturated carbocycles. The summed E-state index contributed by atoms with van der Waals surface area (Å²) in [5, 5.41) is 3.40. The van der Waals surface area contributed by atoms with Crippen molar-refractivity contribution in [3.63, 3.8) is 0 Å². The second-order valence-electron chi connectivity index (χ2n) is 3.91. The summed E-state index contributed by atoms with van der Waals surface area (Å²) in [4.78, 5) is 0. The normalized spacial score (nSPS) is 13.4. The van der Waals surface area contributed by atoms with Crippen LogP contribution in [0.4, 0.5) is 5.69 Å². The maximum Gasteiger partial charge on any atom is 0.287 e. The van der Waals surface area contributed by atoms with Gasteiger partial charge in [0.05, 0.1) is 0 Å². The molecule has 5 nitrogen and oxygen atoms in total. The van der Waals surface area contributed by atoms with Crippen LogP contribution in [-0.2, 0) is 10.1 Å². The zero-order chi connectivity index (χ0) is 13.2. The van der Waals surface area contributed by atoms with E-state index in [0.717, 1.165) is 10.8 Å². The summed E-state index contributed by atoms with van der Waals surface area (Å²) >= 11 is 0. The molecule has 0 aromatic heterocycles. The summed E-state index contributed by atoms with van der Waals surface area (Å²) in [6.07, 6.45) is 0. The molecule has 1 unspecified atom stereocenters. The van der Waals surface area contributed by atoms with Gasteiger partial charge in [-0.15, -0.1) is 0 Å². The minimum absolute atomic E-state index is 0.206. The Balaban J connectivity index is 2.43. The Bertz CT molecular complexity index is 650. The number of fused-ring (bicyclic) bond motifs is 1. The van der Waals surface area contributed by atoms with Crippen molar-refractivity contribution in [2.45, 2.75) is 5.37 Å². The first-order valence-electron chi connectivity index (χ1n) is 5.43. The number of anilines is 1. The molecule has 1 atom stereocenters. The Morgan fingerprint density at radius 1 is 1.17 bits per heavy atom. The van der Waals surface area contributed by atoms with E-state index >= 15 is 0 Å². The molecule has 0 amide bonds. The molecular formula is C12H14N2O3S.